The summed E-state index contributed by atoms with van der Waals surface area (Å²) in [6.07, 6.45) is 8.92. The Morgan fingerprint density at radius 2 is 1.88 bits per heavy atom. The van der Waals surface area contributed by atoms with Gasteiger partial charge in [0.1, 0.15) is 0 Å². The van der Waals surface area contributed by atoms with Crippen LogP contribution >= 0.6 is 0 Å². The van der Waals surface area contributed by atoms with Gasteiger partial charge in [-0.3, -0.25) is 0 Å². The van der Waals surface area contributed by atoms with Gasteiger partial charge in [-0.2, -0.15) is 0 Å². The fourth-order valence-corrected chi connectivity index (χ4v) is 7.49. The molecule has 3 nitrogen and oxygen atoms in total. The lowest BCUT2D eigenvalue weighted by atomic mass is 9.44. The Morgan fingerprint density at radius 1 is 1.17 bits per heavy atom. The van der Waals surface area contributed by atoms with Crippen LogP contribution in [0.3, 0.4) is 0 Å². The van der Waals surface area contributed by atoms with Crippen molar-refractivity contribution >= 4 is 0 Å². The number of aliphatic hydroxyl groups is 3. The van der Waals surface area contributed by atoms with Crippen molar-refractivity contribution < 1.29 is 15.3 Å². The minimum Gasteiger partial charge on any atom is -0.395 e. The SMILES string of the molecule is C[C@H]1C[C@H](O)CC2=CC[C@@H]3[C@H](CC[C@@]4(C)[C@H]3CC[C@]4(C)O)[C@]21CO. The first-order valence-electron chi connectivity index (χ1n) is 9.97. The molecule has 0 radical (unpaired) electrons. The fourth-order valence-electron chi connectivity index (χ4n) is 7.49. The molecule has 0 aromatic rings. The van der Waals surface area contributed by atoms with E-state index in [2.05, 4.69) is 19.9 Å². The van der Waals surface area contributed by atoms with E-state index in [4.69, 9.17) is 0 Å². The summed E-state index contributed by atoms with van der Waals surface area (Å²) >= 11 is 0. The molecule has 24 heavy (non-hydrogen) atoms. The van der Waals surface area contributed by atoms with Crippen LogP contribution in [0.25, 0.3) is 0 Å². The Labute approximate surface area is 146 Å². The molecular formula is C21H34O3. The van der Waals surface area contributed by atoms with Crippen LogP contribution in [0.15, 0.2) is 11.6 Å². The van der Waals surface area contributed by atoms with Crippen LogP contribution in [0.1, 0.15) is 65.7 Å². The lowest BCUT2D eigenvalue weighted by Gasteiger charge is -2.61. The monoisotopic (exact) mass is 334 g/mol. The van der Waals surface area contributed by atoms with Gasteiger partial charge in [0.15, 0.2) is 0 Å². The molecule has 3 fully saturated rings. The van der Waals surface area contributed by atoms with Crippen LogP contribution in [0.2, 0.25) is 0 Å². The van der Waals surface area contributed by atoms with Gasteiger partial charge in [-0.25, -0.2) is 0 Å². The smallest absolute Gasteiger partial charge is 0.0675 e. The molecule has 3 heteroatoms. The molecule has 0 aliphatic heterocycles. The van der Waals surface area contributed by atoms with Crippen LogP contribution in [-0.4, -0.2) is 33.6 Å². The van der Waals surface area contributed by atoms with Crippen molar-refractivity contribution in [2.24, 2.45) is 34.5 Å². The Hall–Kier alpha value is -0.380. The zero-order valence-electron chi connectivity index (χ0n) is 15.5. The molecule has 4 aliphatic carbocycles. The Bertz CT molecular complexity index is 553. The molecule has 0 saturated heterocycles. The Morgan fingerprint density at radius 3 is 2.58 bits per heavy atom. The molecule has 136 valence electrons. The highest BCUT2D eigenvalue weighted by Gasteiger charge is 2.63. The third-order valence-electron chi connectivity index (χ3n) is 9.12. The van der Waals surface area contributed by atoms with Crippen molar-refractivity contribution in [1.82, 2.24) is 0 Å². The highest BCUT2D eigenvalue weighted by molar-refractivity contribution is 5.28. The van der Waals surface area contributed by atoms with Crippen molar-refractivity contribution in [3.05, 3.63) is 11.6 Å². The van der Waals surface area contributed by atoms with Crippen LogP contribution < -0.4 is 0 Å². The van der Waals surface area contributed by atoms with E-state index >= 15 is 0 Å². The molecule has 0 bridgehead atoms. The average Bonchev–Trinajstić information content (AvgIpc) is 2.77. The molecule has 3 N–H and O–H groups in total. The summed E-state index contributed by atoms with van der Waals surface area (Å²) in [5.41, 5.74) is 0.671. The third kappa shape index (κ3) is 1.95. The van der Waals surface area contributed by atoms with E-state index in [1.807, 2.05) is 6.92 Å². The van der Waals surface area contributed by atoms with Crippen LogP contribution in [0, 0.1) is 34.5 Å². The van der Waals surface area contributed by atoms with E-state index < -0.39 is 5.60 Å². The highest BCUT2D eigenvalue weighted by Crippen LogP contribution is 2.67. The van der Waals surface area contributed by atoms with Crippen LogP contribution in [0.5, 0.6) is 0 Å². The van der Waals surface area contributed by atoms with Gasteiger partial charge >= 0.3 is 0 Å². The number of hydrogen-bond acceptors (Lipinski definition) is 3. The normalized spacial score (nSPS) is 56.9. The molecule has 0 aromatic heterocycles. The summed E-state index contributed by atoms with van der Waals surface area (Å²) in [5, 5.41) is 31.7. The number of hydrogen-bond donors (Lipinski definition) is 3. The summed E-state index contributed by atoms with van der Waals surface area (Å²) in [7, 11) is 0. The molecule has 0 spiro atoms. The fraction of sp³-hybridized carbons (Fsp3) is 0.905. The number of aliphatic hydroxyl groups excluding tert-OH is 2. The van der Waals surface area contributed by atoms with E-state index in [1.54, 1.807) is 0 Å². The summed E-state index contributed by atoms with van der Waals surface area (Å²) in [4.78, 5) is 0. The first kappa shape index (κ1) is 17.1. The third-order valence-corrected chi connectivity index (χ3v) is 9.12. The molecule has 0 heterocycles. The van der Waals surface area contributed by atoms with E-state index in [9.17, 15) is 15.3 Å². The standard InChI is InChI=1S/C21H34O3/c1-13-10-15(23)11-14-4-5-16-17-7-9-20(3,24)19(17,2)8-6-18(16)21(13,14)12-22/h4,13,15-18,22-24H,5-12H2,1-3H3/t13-,15-,16-,17-,18-,19-,20-,21-/m0/s1. The van der Waals surface area contributed by atoms with Gasteiger partial charge in [0, 0.05) is 5.41 Å². The predicted molar refractivity (Wildman–Crippen MR) is 94.3 cm³/mol. The maximum Gasteiger partial charge on any atom is 0.0675 e. The molecule has 4 rings (SSSR count). The van der Waals surface area contributed by atoms with Gasteiger partial charge in [-0.15, -0.1) is 0 Å². The maximum atomic E-state index is 11.0. The van der Waals surface area contributed by atoms with E-state index in [0.29, 0.717) is 23.7 Å². The van der Waals surface area contributed by atoms with E-state index in [1.165, 1.54) is 5.57 Å². The lowest BCUT2D eigenvalue weighted by molar-refractivity contribution is -0.134. The first-order chi connectivity index (χ1) is 11.3. The van der Waals surface area contributed by atoms with E-state index in [0.717, 1.165) is 44.9 Å². The molecule has 8 atom stereocenters. The van der Waals surface area contributed by atoms with Crippen molar-refractivity contribution in [2.75, 3.05) is 6.61 Å². The van der Waals surface area contributed by atoms with Gasteiger partial charge in [0.2, 0.25) is 0 Å². The predicted octanol–water partition coefficient (Wildman–Crippen LogP) is 3.28. The molecule has 3 saturated carbocycles. The summed E-state index contributed by atoms with van der Waals surface area (Å²) in [6, 6.07) is 0. The molecular weight excluding hydrogens is 300 g/mol. The minimum atomic E-state index is -0.548. The Kier molecular flexibility index (Phi) is 3.77. The second-order valence-electron chi connectivity index (χ2n) is 9.80. The number of allylic oxidation sites excluding steroid dienone is 1. The zero-order chi connectivity index (χ0) is 17.3. The molecule has 0 amide bonds. The topological polar surface area (TPSA) is 60.7 Å². The minimum absolute atomic E-state index is 0.0214. The average molecular weight is 335 g/mol. The van der Waals surface area contributed by atoms with Gasteiger partial charge in [-0.05, 0) is 81.0 Å². The first-order valence-corrected chi connectivity index (χ1v) is 9.97. The van der Waals surface area contributed by atoms with Crippen molar-refractivity contribution in [2.45, 2.75) is 77.4 Å². The zero-order valence-corrected chi connectivity index (χ0v) is 15.5. The second kappa shape index (κ2) is 5.31. The largest absolute Gasteiger partial charge is 0.395 e. The van der Waals surface area contributed by atoms with Gasteiger partial charge in [-0.1, -0.05) is 25.5 Å². The van der Waals surface area contributed by atoms with Crippen molar-refractivity contribution in [3.63, 3.8) is 0 Å². The second-order valence-corrected chi connectivity index (χ2v) is 9.80. The van der Waals surface area contributed by atoms with Crippen LogP contribution in [0.4, 0.5) is 0 Å². The lowest BCUT2D eigenvalue weighted by Crippen LogP contribution is -2.57. The van der Waals surface area contributed by atoms with Gasteiger partial charge < -0.3 is 15.3 Å². The maximum absolute atomic E-state index is 11.0. The summed E-state index contributed by atoms with van der Waals surface area (Å²) < 4.78 is 0. The molecule has 4 aliphatic rings. The van der Waals surface area contributed by atoms with E-state index in [-0.39, 0.29) is 23.5 Å². The molecule has 0 unspecified atom stereocenters. The van der Waals surface area contributed by atoms with Crippen molar-refractivity contribution in [3.8, 4) is 0 Å². The quantitative estimate of drug-likeness (QED) is 0.645. The molecule has 0 aromatic carbocycles. The number of fused-ring (bicyclic) bond motifs is 5. The van der Waals surface area contributed by atoms with Crippen LogP contribution in [-0.2, 0) is 0 Å². The van der Waals surface area contributed by atoms with Gasteiger partial charge in [0.05, 0.1) is 18.3 Å². The van der Waals surface area contributed by atoms with Crippen molar-refractivity contribution in [1.29, 1.82) is 0 Å². The summed E-state index contributed by atoms with van der Waals surface area (Å²) in [5.74, 6) is 1.98. The van der Waals surface area contributed by atoms with Gasteiger partial charge in [0.25, 0.3) is 0 Å². The Balaban J connectivity index is 1.74. The summed E-state index contributed by atoms with van der Waals surface area (Å²) in [6.45, 7) is 6.79. The highest BCUT2D eigenvalue weighted by atomic mass is 16.3. The number of rotatable bonds is 1.